The molecule has 0 saturated carbocycles. The van der Waals surface area contributed by atoms with E-state index in [4.69, 9.17) is 5.11 Å². The minimum absolute atomic E-state index is 0.191. The van der Waals surface area contributed by atoms with Gasteiger partial charge >= 0.3 is 0 Å². The van der Waals surface area contributed by atoms with Crippen LogP contribution in [0.25, 0.3) is 6.08 Å². The predicted molar refractivity (Wildman–Crippen MR) is 75.4 cm³/mol. The van der Waals surface area contributed by atoms with Gasteiger partial charge in [-0.1, -0.05) is 24.3 Å². The number of hydrogen-bond acceptors (Lipinski definition) is 2. The topological polar surface area (TPSA) is 49.3 Å². The van der Waals surface area contributed by atoms with Crippen LogP contribution in [0.2, 0.25) is 0 Å². The highest BCUT2D eigenvalue weighted by atomic mass is 19.1. The van der Waals surface area contributed by atoms with Gasteiger partial charge in [-0.2, -0.15) is 0 Å². The van der Waals surface area contributed by atoms with E-state index in [0.717, 1.165) is 11.1 Å². The standard InChI is InChI=1S/C16H14FNO2/c17-14-6-1-12(2-7-14)5-10-16(20)18-11-13-3-8-15(19)9-4-13/h1-10,19H,11H2,(H,18,20)/b10-5+. The summed E-state index contributed by atoms with van der Waals surface area (Å²) in [4.78, 5) is 11.6. The second kappa shape index (κ2) is 6.52. The van der Waals surface area contributed by atoms with Crippen LogP contribution in [0.1, 0.15) is 11.1 Å². The molecule has 2 N–H and O–H groups in total. The molecule has 2 aromatic rings. The van der Waals surface area contributed by atoms with Crippen molar-refractivity contribution < 1.29 is 14.3 Å². The van der Waals surface area contributed by atoms with Crippen LogP contribution in [0.3, 0.4) is 0 Å². The zero-order valence-corrected chi connectivity index (χ0v) is 10.7. The lowest BCUT2D eigenvalue weighted by atomic mass is 10.2. The molecule has 0 atom stereocenters. The molecule has 3 nitrogen and oxygen atoms in total. The molecule has 0 bridgehead atoms. The summed E-state index contributed by atoms with van der Waals surface area (Å²) >= 11 is 0. The van der Waals surface area contributed by atoms with E-state index < -0.39 is 0 Å². The molecule has 0 fully saturated rings. The van der Waals surface area contributed by atoms with Crippen LogP contribution in [0.4, 0.5) is 4.39 Å². The Hall–Kier alpha value is -2.62. The minimum Gasteiger partial charge on any atom is -0.508 e. The summed E-state index contributed by atoms with van der Waals surface area (Å²) in [7, 11) is 0. The van der Waals surface area contributed by atoms with Gasteiger partial charge in [0.25, 0.3) is 0 Å². The van der Waals surface area contributed by atoms with Gasteiger partial charge in [0.05, 0.1) is 0 Å². The highest BCUT2D eigenvalue weighted by Gasteiger charge is 1.97. The number of carbonyl (C=O) groups excluding carboxylic acids is 1. The molecular formula is C16H14FNO2. The number of halogens is 1. The van der Waals surface area contributed by atoms with Crippen molar-refractivity contribution in [3.63, 3.8) is 0 Å². The summed E-state index contributed by atoms with van der Waals surface area (Å²) in [6, 6.07) is 12.5. The fourth-order valence-corrected chi connectivity index (χ4v) is 1.61. The van der Waals surface area contributed by atoms with Crippen molar-refractivity contribution in [1.29, 1.82) is 0 Å². The fraction of sp³-hybridized carbons (Fsp3) is 0.0625. The van der Waals surface area contributed by atoms with Gasteiger partial charge in [-0.3, -0.25) is 4.79 Å². The van der Waals surface area contributed by atoms with Gasteiger partial charge < -0.3 is 10.4 Å². The molecule has 0 unspecified atom stereocenters. The molecule has 102 valence electrons. The first-order valence-electron chi connectivity index (χ1n) is 6.13. The zero-order valence-electron chi connectivity index (χ0n) is 10.7. The molecule has 0 radical (unpaired) electrons. The molecule has 0 heterocycles. The molecule has 4 heteroatoms. The second-order valence-electron chi connectivity index (χ2n) is 4.27. The maximum Gasteiger partial charge on any atom is 0.244 e. The predicted octanol–water partition coefficient (Wildman–Crippen LogP) is 2.86. The Balaban J connectivity index is 1.86. The maximum atomic E-state index is 12.7. The van der Waals surface area contributed by atoms with Gasteiger partial charge in [0, 0.05) is 12.6 Å². The largest absolute Gasteiger partial charge is 0.508 e. The number of phenolic OH excluding ortho intramolecular Hbond substituents is 1. The Kier molecular flexibility index (Phi) is 4.50. The lowest BCUT2D eigenvalue weighted by molar-refractivity contribution is -0.116. The zero-order chi connectivity index (χ0) is 14.4. The van der Waals surface area contributed by atoms with Crippen LogP contribution >= 0.6 is 0 Å². The molecule has 0 aliphatic carbocycles. The van der Waals surface area contributed by atoms with Crippen LogP contribution in [-0.4, -0.2) is 11.0 Å². The number of carbonyl (C=O) groups is 1. The number of nitrogens with one attached hydrogen (secondary N) is 1. The quantitative estimate of drug-likeness (QED) is 0.840. The Morgan fingerprint density at radius 3 is 2.40 bits per heavy atom. The van der Waals surface area contributed by atoms with E-state index in [1.807, 2.05) is 0 Å². The summed E-state index contributed by atoms with van der Waals surface area (Å²) < 4.78 is 12.7. The van der Waals surface area contributed by atoms with Crippen LogP contribution in [0, 0.1) is 5.82 Å². The van der Waals surface area contributed by atoms with Gasteiger partial charge in [-0.05, 0) is 41.5 Å². The first kappa shape index (κ1) is 13.8. The van der Waals surface area contributed by atoms with E-state index in [9.17, 15) is 9.18 Å². The van der Waals surface area contributed by atoms with E-state index in [2.05, 4.69) is 5.32 Å². The Bertz CT molecular complexity index is 603. The first-order valence-corrected chi connectivity index (χ1v) is 6.13. The van der Waals surface area contributed by atoms with Crippen molar-refractivity contribution in [2.75, 3.05) is 0 Å². The number of hydrogen-bond donors (Lipinski definition) is 2. The molecule has 0 saturated heterocycles. The monoisotopic (exact) mass is 271 g/mol. The van der Waals surface area contributed by atoms with Gasteiger partial charge in [0.1, 0.15) is 11.6 Å². The lowest BCUT2D eigenvalue weighted by Gasteiger charge is -2.02. The Morgan fingerprint density at radius 1 is 1.10 bits per heavy atom. The minimum atomic E-state index is -0.307. The van der Waals surface area contributed by atoms with Crippen molar-refractivity contribution in [3.8, 4) is 5.75 Å². The summed E-state index contributed by atoms with van der Waals surface area (Å²) in [5.41, 5.74) is 1.65. The van der Waals surface area contributed by atoms with E-state index in [1.54, 1.807) is 42.5 Å². The number of amides is 1. The van der Waals surface area contributed by atoms with Crippen molar-refractivity contribution in [1.82, 2.24) is 5.32 Å². The average Bonchev–Trinajstić information content (AvgIpc) is 2.46. The van der Waals surface area contributed by atoms with Gasteiger partial charge in [0.2, 0.25) is 5.91 Å². The van der Waals surface area contributed by atoms with Crippen LogP contribution in [-0.2, 0) is 11.3 Å². The fourth-order valence-electron chi connectivity index (χ4n) is 1.61. The van der Waals surface area contributed by atoms with E-state index in [0.29, 0.717) is 6.54 Å². The number of phenols is 1. The summed E-state index contributed by atoms with van der Waals surface area (Å²) in [6.45, 7) is 0.382. The lowest BCUT2D eigenvalue weighted by Crippen LogP contribution is -2.20. The van der Waals surface area contributed by atoms with E-state index in [-0.39, 0.29) is 17.5 Å². The van der Waals surface area contributed by atoms with Crippen LogP contribution in [0.15, 0.2) is 54.6 Å². The van der Waals surface area contributed by atoms with Crippen LogP contribution < -0.4 is 5.32 Å². The van der Waals surface area contributed by atoms with Crippen molar-refractivity contribution in [2.45, 2.75) is 6.54 Å². The maximum absolute atomic E-state index is 12.7. The SMILES string of the molecule is O=C(/C=C/c1ccc(F)cc1)NCc1ccc(O)cc1. The number of benzene rings is 2. The highest BCUT2D eigenvalue weighted by molar-refractivity contribution is 5.91. The molecule has 20 heavy (non-hydrogen) atoms. The molecule has 0 aliphatic heterocycles. The van der Waals surface area contributed by atoms with Crippen molar-refractivity contribution >= 4 is 12.0 Å². The van der Waals surface area contributed by atoms with Gasteiger partial charge in [0.15, 0.2) is 0 Å². The molecule has 0 aromatic heterocycles. The van der Waals surface area contributed by atoms with E-state index >= 15 is 0 Å². The smallest absolute Gasteiger partial charge is 0.244 e. The number of aromatic hydroxyl groups is 1. The molecule has 2 rings (SSSR count). The molecule has 1 amide bonds. The summed E-state index contributed by atoms with van der Waals surface area (Å²) in [5, 5.41) is 11.9. The first-order chi connectivity index (χ1) is 9.63. The molecule has 0 aliphatic rings. The van der Waals surface area contributed by atoms with E-state index in [1.165, 1.54) is 18.2 Å². The Labute approximate surface area is 116 Å². The van der Waals surface area contributed by atoms with Crippen molar-refractivity contribution in [2.24, 2.45) is 0 Å². The second-order valence-corrected chi connectivity index (χ2v) is 4.27. The third-order valence-corrected chi connectivity index (χ3v) is 2.70. The Morgan fingerprint density at radius 2 is 1.75 bits per heavy atom. The number of rotatable bonds is 4. The third kappa shape index (κ3) is 4.24. The van der Waals surface area contributed by atoms with Gasteiger partial charge in [-0.15, -0.1) is 0 Å². The average molecular weight is 271 g/mol. The van der Waals surface area contributed by atoms with Crippen molar-refractivity contribution in [3.05, 3.63) is 71.6 Å². The normalized spacial score (nSPS) is 10.7. The van der Waals surface area contributed by atoms with Crippen LogP contribution in [0.5, 0.6) is 5.75 Å². The third-order valence-electron chi connectivity index (χ3n) is 2.70. The molecule has 2 aromatic carbocycles. The summed E-state index contributed by atoms with van der Waals surface area (Å²) in [5.74, 6) is -0.349. The molecular weight excluding hydrogens is 257 g/mol. The summed E-state index contributed by atoms with van der Waals surface area (Å²) in [6.07, 6.45) is 3.01. The highest BCUT2D eigenvalue weighted by Crippen LogP contribution is 2.09. The van der Waals surface area contributed by atoms with Gasteiger partial charge in [-0.25, -0.2) is 4.39 Å². The molecule has 0 spiro atoms.